The molecule has 3 aromatic rings. The maximum absolute atomic E-state index is 12.3. The second-order valence-electron chi connectivity index (χ2n) is 4.61. The van der Waals surface area contributed by atoms with Gasteiger partial charge < -0.3 is 0 Å². The van der Waals surface area contributed by atoms with Crippen LogP contribution in [0.25, 0.3) is 10.2 Å². The summed E-state index contributed by atoms with van der Waals surface area (Å²) in [5.74, 6) is -0.200. The maximum atomic E-state index is 12.3. The second-order valence-corrected chi connectivity index (χ2v) is 7.01. The van der Waals surface area contributed by atoms with E-state index in [9.17, 15) is 4.79 Å². The van der Waals surface area contributed by atoms with E-state index in [0.29, 0.717) is 10.7 Å². The first-order valence-corrected chi connectivity index (χ1v) is 8.25. The SMILES string of the molecule is Cc1ccc2nc(NC(=O)c3cc(S)ccc3Br)sc2c1. The standard InChI is InChI=1S/C15H11BrN2OS2/c1-8-2-5-12-13(6-8)21-15(17-12)18-14(19)10-7-9(20)3-4-11(10)16/h2-7,20H,1H3,(H,17,18,19). The molecule has 0 bridgehead atoms. The molecule has 0 saturated carbocycles. The van der Waals surface area contributed by atoms with Crippen molar-refractivity contribution in [3.63, 3.8) is 0 Å². The van der Waals surface area contributed by atoms with E-state index >= 15 is 0 Å². The first-order valence-electron chi connectivity index (χ1n) is 6.20. The number of carbonyl (C=O) groups is 1. The summed E-state index contributed by atoms with van der Waals surface area (Å²) < 4.78 is 1.79. The summed E-state index contributed by atoms with van der Waals surface area (Å²) in [7, 11) is 0. The molecule has 3 nitrogen and oxygen atoms in total. The molecule has 0 aliphatic carbocycles. The summed E-state index contributed by atoms with van der Waals surface area (Å²) in [6.45, 7) is 2.03. The van der Waals surface area contributed by atoms with Gasteiger partial charge in [0.25, 0.3) is 5.91 Å². The predicted octanol–water partition coefficient (Wildman–Crippen LogP) is 4.91. The molecule has 106 valence electrons. The number of anilines is 1. The minimum absolute atomic E-state index is 0.200. The van der Waals surface area contributed by atoms with Crippen LogP contribution in [0.1, 0.15) is 15.9 Å². The number of benzene rings is 2. The molecule has 6 heteroatoms. The van der Waals surface area contributed by atoms with E-state index in [1.807, 2.05) is 25.1 Å². The van der Waals surface area contributed by atoms with Gasteiger partial charge in [0.15, 0.2) is 5.13 Å². The molecule has 21 heavy (non-hydrogen) atoms. The predicted molar refractivity (Wildman–Crippen MR) is 93.7 cm³/mol. The lowest BCUT2D eigenvalue weighted by Gasteiger charge is -2.04. The molecule has 1 N–H and O–H groups in total. The highest BCUT2D eigenvalue weighted by Gasteiger charge is 2.13. The van der Waals surface area contributed by atoms with Gasteiger partial charge in [0, 0.05) is 9.37 Å². The molecule has 3 rings (SSSR count). The molecule has 0 radical (unpaired) electrons. The minimum atomic E-state index is -0.200. The lowest BCUT2D eigenvalue weighted by molar-refractivity contribution is 0.102. The molecule has 2 aromatic carbocycles. The van der Waals surface area contributed by atoms with E-state index in [1.165, 1.54) is 16.9 Å². The Balaban J connectivity index is 1.90. The summed E-state index contributed by atoms with van der Waals surface area (Å²) in [6.07, 6.45) is 0. The summed E-state index contributed by atoms with van der Waals surface area (Å²) >= 11 is 9.10. The summed E-state index contributed by atoms with van der Waals surface area (Å²) in [4.78, 5) is 17.5. The van der Waals surface area contributed by atoms with Crippen molar-refractivity contribution in [1.82, 2.24) is 4.98 Å². The van der Waals surface area contributed by atoms with Crippen molar-refractivity contribution < 1.29 is 4.79 Å². The molecule has 0 spiro atoms. The first kappa shape index (κ1) is 14.6. The van der Waals surface area contributed by atoms with Gasteiger partial charge in [-0.25, -0.2) is 4.98 Å². The van der Waals surface area contributed by atoms with E-state index in [4.69, 9.17) is 0 Å². The number of hydrogen-bond donors (Lipinski definition) is 2. The first-order chi connectivity index (χ1) is 10.0. The zero-order valence-electron chi connectivity index (χ0n) is 11.1. The van der Waals surface area contributed by atoms with Crippen LogP contribution in [-0.2, 0) is 0 Å². The number of thiol groups is 1. The highest BCUT2D eigenvalue weighted by Crippen LogP contribution is 2.28. The van der Waals surface area contributed by atoms with Crippen LogP contribution >= 0.6 is 39.9 Å². The third-order valence-corrected chi connectivity index (χ3v) is 4.86. The highest BCUT2D eigenvalue weighted by atomic mass is 79.9. The normalized spacial score (nSPS) is 10.8. The minimum Gasteiger partial charge on any atom is -0.298 e. The fourth-order valence-electron chi connectivity index (χ4n) is 1.94. The highest BCUT2D eigenvalue weighted by molar-refractivity contribution is 9.10. The molecule has 1 aromatic heterocycles. The number of aromatic nitrogens is 1. The summed E-state index contributed by atoms with van der Waals surface area (Å²) in [5, 5.41) is 3.43. The smallest absolute Gasteiger partial charge is 0.258 e. The quantitative estimate of drug-likeness (QED) is 0.622. The van der Waals surface area contributed by atoms with Crippen LogP contribution in [0.2, 0.25) is 0 Å². The lowest BCUT2D eigenvalue weighted by atomic mass is 10.2. The van der Waals surface area contributed by atoms with E-state index in [1.54, 1.807) is 12.1 Å². The molecule has 0 aliphatic heterocycles. The van der Waals surface area contributed by atoms with Crippen LogP contribution < -0.4 is 5.32 Å². The Morgan fingerprint density at radius 1 is 1.29 bits per heavy atom. The van der Waals surface area contributed by atoms with Gasteiger partial charge in [-0.15, -0.1) is 12.6 Å². The van der Waals surface area contributed by atoms with Gasteiger partial charge in [-0.05, 0) is 58.7 Å². The van der Waals surface area contributed by atoms with E-state index in [0.717, 1.165) is 19.6 Å². The Hall–Kier alpha value is -1.37. The van der Waals surface area contributed by atoms with E-state index in [2.05, 4.69) is 44.9 Å². The van der Waals surface area contributed by atoms with Crippen LogP contribution in [0.4, 0.5) is 5.13 Å². The topological polar surface area (TPSA) is 42.0 Å². The largest absolute Gasteiger partial charge is 0.298 e. The van der Waals surface area contributed by atoms with Gasteiger partial charge in [-0.2, -0.15) is 0 Å². The Kier molecular flexibility index (Phi) is 4.01. The number of aryl methyl sites for hydroxylation is 1. The van der Waals surface area contributed by atoms with Crippen LogP contribution in [0, 0.1) is 6.92 Å². The molecule has 1 heterocycles. The molecule has 0 fully saturated rings. The zero-order chi connectivity index (χ0) is 15.0. The Bertz CT molecular complexity index is 845. The zero-order valence-corrected chi connectivity index (χ0v) is 14.3. The Morgan fingerprint density at radius 3 is 2.90 bits per heavy atom. The van der Waals surface area contributed by atoms with Crippen molar-refractivity contribution in [2.45, 2.75) is 11.8 Å². The summed E-state index contributed by atoms with van der Waals surface area (Å²) in [5.41, 5.74) is 2.61. The van der Waals surface area contributed by atoms with Crippen molar-refractivity contribution in [2.75, 3.05) is 5.32 Å². The number of hydrogen-bond acceptors (Lipinski definition) is 4. The summed E-state index contributed by atoms with van der Waals surface area (Å²) in [6, 6.07) is 11.4. The molecule has 0 aliphatic rings. The second kappa shape index (κ2) is 5.79. The molecular formula is C15H11BrN2OS2. The van der Waals surface area contributed by atoms with E-state index < -0.39 is 0 Å². The van der Waals surface area contributed by atoms with Crippen molar-refractivity contribution in [1.29, 1.82) is 0 Å². The average Bonchev–Trinajstić information content (AvgIpc) is 2.82. The van der Waals surface area contributed by atoms with Gasteiger partial charge in [-0.3, -0.25) is 10.1 Å². The van der Waals surface area contributed by atoms with E-state index in [-0.39, 0.29) is 5.91 Å². The van der Waals surface area contributed by atoms with Crippen LogP contribution in [-0.4, -0.2) is 10.9 Å². The third kappa shape index (κ3) is 3.12. The monoisotopic (exact) mass is 378 g/mol. The number of carbonyl (C=O) groups excluding carboxylic acids is 1. The number of nitrogens with one attached hydrogen (secondary N) is 1. The number of amides is 1. The molecule has 1 amide bonds. The van der Waals surface area contributed by atoms with Gasteiger partial charge in [0.05, 0.1) is 15.8 Å². The third-order valence-electron chi connectivity index (χ3n) is 2.96. The maximum Gasteiger partial charge on any atom is 0.258 e. The van der Waals surface area contributed by atoms with Gasteiger partial charge in [-0.1, -0.05) is 17.4 Å². The van der Waals surface area contributed by atoms with Gasteiger partial charge in [0.2, 0.25) is 0 Å². The van der Waals surface area contributed by atoms with Crippen molar-refractivity contribution in [3.8, 4) is 0 Å². The van der Waals surface area contributed by atoms with Crippen LogP contribution in [0.3, 0.4) is 0 Å². The van der Waals surface area contributed by atoms with Gasteiger partial charge >= 0.3 is 0 Å². The van der Waals surface area contributed by atoms with Crippen LogP contribution in [0.15, 0.2) is 45.8 Å². The van der Waals surface area contributed by atoms with Crippen molar-refractivity contribution >= 4 is 61.2 Å². The molecular weight excluding hydrogens is 368 g/mol. The molecule has 0 atom stereocenters. The number of thiazole rings is 1. The van der Waals surface area contributed by atoms with Gasteiger partial charge in [0.1, 0.15) is 0 Å². The fourth-order valence-corrected chi connectivity index (χ4v) is 3.53. The molecule has 0 saturated heterocycles. The average molecular weight is 379 g/mol. The van der Waals surface area contributed by atoms with Crippen molar-refractivity contribution in [2.24, 2.45) is 0 Å². The lowest BCUT2D eigenvalue weighted by Crippen LogP contribution is -2.12. The number of fused-ring (bicyclic) bond motifs is 1. The number of nitrogens with zero attached hydrogens (tertiary/aromatic N) is 1. The van der Waals surface area contributed by atoms with Crippen LogP contribution in [0.5, 0.6) is 0 Å². The number of rotatable bonds is 2. The Labute approximate surface area is 139 Å². The number of halogens is 1. The van der Waals surface area contributed by atoms with Crippen molar-refractivity contribution in [3.05, 3.63) is 52.0 Å². The fraction of sp³-hybridized carbons (Fsp3) is 0.0667. The Morgan fingerprint density at radius 2 is 2.10 bits per heavy atom. The molecule has 0 unspecified atom stereocenters.